The van der Waals surface area contributed by atoms with Gasteiger partial charge in [-0.25, -0.2) is 9.67 Å². The van der Waals surface area contributed by atoms with Crippen LogP contribution in [0.25, 0.3) is 33.8 Å². The summed E-state index contributed by atoms with van der Waals surface area (Å²) in [6.45, 7) is 0. The van der Waals surface area contributed by atoms with Crippen molar-refractivity contribution in [1.82, 2.24) is 20.0 Å². The predicted octanol–water partition coefficient (Wildman–Crippen LogP) is 3.51. The molecule has 5 rings (SSSR count). The first-order valence-electron chi connectivity index (χ1n) is 9.35. The summed E-state index contributed by atoms with van der Waals surface area (Å²) in [7, 11) is 0. The van der Waals surface area contributed by atoms with E-state index in [0.29, 0.717) is 18.7 Å². The average molecular weight is 373 g/mol. The van der Waals surface area contributed by atoms with Gasteiger partial charge in [-0.15, -0.1) is 5.10 Å². The van der Waals surface area contributed by atoms with E-state index in [1.807, 2.05) is 48.5 Å². The lowest BCUT2D eigenvalue weighted by atomic mass is 9.96. The fourth-order valence-electron chi connectivity index (χ4n) is 4.05. The number of amides is 1. The second-order valence-corrected chi connectivity index (χ2v) is 7.20. The third-order valence-electron chi connectivity index (χ3n) is 5.57. The summed E-state index contributed by atoms with van der Waals surface area (Å²) in [4.78, 5) is 16.8. The molecular formula is C21H19N5O2. The average Bonchev–Trinajstić information content (AvgIpc) is 3.46. The van der Waals surface area contributed by atoms with Crippen LogP contribution >= 0.6 is 0 Å². The van der Waals surface area contributed by atoms with Crippen molar-refractivity contribution in [1.29, 1.82) is 0 Å². The number of carbonyl (C=O) groups is 1. The first-order chi connectivity index (χ1) is 13.7. The van der Waals surface area contributed by atoms with Gasteiger partial charge >= 0.3 is 0 Å². The number of rotatable bonds is 4. The van der Waals surface area contributed by atoms with E-state index in [1.165, 1.54) is 0 Å². The first-order valence-corrected chi connectivity index (χ1v) is 9.35. The standard InChI is InChI=1S/C21H19N5O2/c22-20(27)21(11-3-4-12-21)26-17(13-23-25-26)14-7-9-15(10-8-14)19-24-16-5-1-2-6-18(16)28-19/h1-2,5-10,13H,3-4,11-12H2,(H2,22,27). The summed E-state index contributed by atoms with van der Waals surface area (Å²) in [5.41, 5.74) is 9.13. The summed E-state index contributed by atoms with van der Waals surface area (Å²) in [5, 5.41) is 8.27. The number of primary amides is 1. The van der Waals surface area contributed by atoms with Gasteiger partial charge < -0.3 is 10.2 Å². The van der Waals surface area contributed by atoms with Crippen LogP contribution in [-0.2, 0) is 10.3 Å². The highest BCUT2D eigenvalue weighted by Crippen LogP contribution is 2.38. The number of hydrogen-bond donors (Lipinski definition) is 1. The number of carbonyl (C=O) groups excluding carboxylic acids is 1. The van der Waals surface area contributed by atoms with Crippen LogP contribution in [0.5, 0.6) is 0 Å². The molecule has 1 fully saturated rings. The van der Waals surface area contributed by atoms with Crippen molar-refractivity contribution in [2.45, 2.75) is 31.2 Å². The molecule has 0 unspecified atom stereocenters. The molecule has 2 heterocycles. The highest BCUT2D eigenvalue weighted by Gasteiger charge is 2.43. The van der Waals surface area contributed by atoms with Crippen molar-refractivity contribution in [3.05, 3.63) is 54.7 Å². The quantitative estimate of drug-likeness (QED) is 0.590. The van der Waals surface area contributed by atoms with E-state index in [-0.39, 0.29) is 5.91 Å². The van der Waals surface area contributed by atoms with Gasteiger partial charge in [0.05, 0.1) is 11.9 Å². The molecule has 7 nitrogen and oxygen atoms in total. The SMILES string of the molecule is NC(=O)C1(n2nncc2-c2ccc(-c3nc4ccccc4o3)cc2)CCCC1. The summed E-state index contributed by atoms with van der Waals surface area (Å²) >= 11 is 0. The van der Waals surface area contributed by atoms with E-state index in [9.17, 15) is 4.79 Å². The largest absolute Gasteiger partial charge is 0.436 e. The van der Waals surface area contributed by atoms with Crippen LogP contribution in [0.3, 0.4) is 0 Å². The van der Waals surface area contributed by atoms with E-state index in [4.69, 9.17) is 10.2 Å². The zero-order chi connectivity index (χ0) is 19.1. The molecule has 1 aliphatic carbocycles. The molecule has 0 atom stereocenters. The maximum Gasteiger partial charge on any atom is 0.245 e. The number of benzene rings is 2. The fourth-order valence-corrected chi connectivity index (χ4v) is 4.05. The van der Waals surface area contributed by atoms with E-state index in [1.54, 1.807) is 10.9 Å². The Bertz CT molecular complexity index is 1120. The van der Waals surface area contributed by atoms with Crippen LogP contribution in [0.2, 0.25) is 0 Å². The van der Waals surface area contributed by atoms with Gasteiger partial charge in [-0.05, 0) is 37.1 Å². The molecule has 0 saturated heterocycles. The van der Waals surface area contributed by atoms with Crippen molar-refractivity contribution in [2.75, 3.05) is 0 Å². The van der Waals surface area contributed by atoms with Gasteiger partial charge in [-0.1, -0.05) is 42.3 Å². The Balaban J connectivity index is 1.52. The topological polar surface area (TPSA) is 99.8 Å². The Kier molecular flexibility index (Phi) is 3.75. The molecule has 140 valence electrons. The van der Waals surface area contributed by atoms with Crippen LogP contribution in [0, 0.1) is 0 Å². The molecule has 0 spiro atoms. The van der Waals surface area contributed by atoms with Gasteiger partial charge in [0.25, 0.3) is 0 Å². The van der Waals surface area contributed by atoms with Crippen LogP contribution in [0.4, 0.5) is 0 Å². The molecule has 1 aliphatic rings. The van der Waals surface area contributed by atoms with Crippen LogP contribution in [-0.4, -0.2) is 25.9 Å². The minimum Gasteiger partial charge on any atom is -0.436 e. The normalized spacial score (nSPS) is 15.9. The molecule has 0 radical (unpaired) electrons. The maximum absolute atomic E-state index is 12.2. The molecule has 2 aromatic heterocycles. The number of aromatic nitrogens is 4. The molecule has 0 bridgehead atoms. The molecular weight excluding hydrogens is 354 g/mol. The van der Waals surface area contributed by atoms with E-state index < -0.39 is 5.54 Å². The summed E-state index contributed by atoms with van der Waals surface area (Å²) in [6.07, 6.45) is 4.98. The highest BCUT2D eigenvalue weighted by molar-refractivity contribution is 5.84. The Morgan fingerprint density at radius 2 is 1.75 bits per heavy atom. The molecule has 0 aliphatic heterocycles. The van der Waals surface area contributed by atoms with Crippen molar-refractivity contribution >= 4 is 17.0 Å². The molecule has 2 N–H and O–H groups in total. The second kappa shape index (κ2) is 6.30. The highest BCUT2D eigenvalue weighted by atomic mass is 16.3. The van der Waals surface area contributed by atoms with Gasteiger partial charge in [0.1, 0.15) is 11.1 Å². The van der Waals surface area contributed by atoms with E-state index in [2.05, 4.69) is 15.3 Å². The summed E-state index contributed by atoms with van der Waals surface area (Å²) < 4.78 is 7.54. The molecule has 28 heavy (non-hydrogen) atoms. The molecule has 1 amide bonds. The van der Waals surface area contributed by atoms with Gasteiger partial charge in [0.15, 0.2) is 5.58 Å². The number of para-hydroxylation sites is 2. The summed E-state index contributed by atoms with van der Waals surface area (Å²) in [5.74, 6) is 0.226. The zero-order valence-electron chi connectivity index (χ0n) is 15.2. The number of hydrogen-bond acceptors (Lipinski definition) is 5. The van der Waals surface area contributed by atoms with Gasteiger partial charge in [-0.2, -0.15) is 0 Å². The van der Waals surface area contributed by atoms with Gasteiger partial charge in [0.2, 0.25) is 11.8 Å². The fraction of sp³-hybridized carbons (Fsp3) is 0.238. The number of nitrogens with two attached hydrogens (primary N) is 1. The second-order valence-electron chi connectivity index (χ2n) is 7.20. The van der Waals surface area contributed by atoms with Crippen molar-refractivity contribution in [3.63, 3.8) is 0 Å². The number of oxazole rings is 1. The Morgan fingerprint density at radius 3 is 2.46 bits per heavy atom. The Labute approximate surface area is 161 Å². The number of nitrogens with zero attached hydrogens (tertiary/aromatic N) is 4. The minimum atomic E-state index is -0.787. The van der Waals surface area contributed by atoms with Gasteiger partial charge in [0, 0.05) is 11.1 Å². The molecule has 7 heteroatoms. The summed E-state index contributed by atoms with van der Waals surface area (Å²) in [6, 6.07) is 15.5. The van der Waals surface area contributed by atoms with Gasteiger partial charge in [-0.3, -0.25) is 4.79 Å². The van der Waals surface area contributed by atoms with E-state index >= 15 is 0 Å². The maximum atomic E-state index is 12.2. The number of fused-ring (bicyclic) bond motifs is 1. The third kappa shape index (κ3) is 2.51. The lowest BCUT2D eigenvalue weighted by Crippen LogP contribution is -2.45. The smallest absolute Gasteiger partial charge is 0.245 e. The predicted molar refractivity (Wildman–Crippen MR) is 104 cm³/mol. The molecule has 1 saturated carbocycles. The minimum absolute atomic E-state index is 0.347. The molecule has 4 aromatic rings. The lowest BCUT2D eigenvalue weighted by Gasteiger charge is -2.27. The van der Waals surface area contributed by atoms with Crippen molar-refractivity contribution in [2.24, 2.45) is 5.73 Å². The molecule has 2 aromatic carbocycles. The van der Waals surface area contributed by atoms with Crippen molar-refractivity contribution in [3.8, 4) is 22.7 Å². The zero-order valence-corrected chi connectivity index (χ0v) is 15.2. The lowest BCUT2D eigenvalue weighted by molar-refractivity contribution is -0.126. The van der Waals surface area contributed by atoms with Crippen molar-refractivity contribution < 1.29 is 9.21 Å². The Hall–Kier alpha value is -3.48. The Morgan fingerprint density at radius 1 is 1.04 bits per heavy atom. The van der Waals surface area contributed by atoms with Crippen LogP contribution < -0.4 is 5.73 Å². The monoisotopic (exact) mass is 373 g/mol. The first kappa shape index (κ1) is 16.7. The van der Waals surface area contributed by atoms with Crippen LogP contribution in [0.1, 0.15) is 25.7 Å². The third-order valence-corrected chi connectivity index (χ3v) is 5.57. The van der Waals surface area contributed by atoms with E-state index in [0.717, 1.165) is 40.8 Å². The van der Waals surface area contributed by atoms with Crippen LogP contribution in [0.15, 0.2) is 59.1 Å².